The first-order chi connectivity index (χ1) is 14.0. The first kappa shape index (κ1) is 24.9. The standard InChI is InChI=1S/C22H32ClN5O.HI/c1-15-17(3)29-21(26-15)14-28-11-9-18(10-12-28)13-25-22(24-4)27-16(2)19-7-5-6-8-20(19)23;/h5-8,16,18H,9-14H2,1-4H3,(H2,24,25,27);1H. The summed E-state index contributed by atoms with van der Waals surface area (Å²) in [6.07, 6.45) is 2.31. The van der Waals surface area contributed by atoms with Gasteiger partial charge in [-0.25, -0.2) is 4.98 Å². The molecule has 8 heteroatoms. The van der Waals surface area contributed by atoms with Crippen molar-refractivity contribution in [3.8, 4) is 0 Å². The predicted octanol–water partition coefficient (Wildman–Crippen LogP) is 4.70. The molecule has 1 aromatic heterocycles. The third kappa shape index (κ3) is 6.85. The molecular formula is C22H33ClIN5O. The van der Waals surface area contributed by atoms with Gasteiger partial charge in [-0.05, 0) is 64.3 Å². The number of oxazole rings is 1. The van der Waals surface area contributed by atoms with Gasteiger partial charge < -0.3 is 15.1 Å². The summed E-state index contributed by atoms with van der Waals surface area (Å²) in [6, 6.07) is 8.00. The van der Waals surface area contributed by atoms with Crippen molar-refractivity contribution in [2.24, 2.45) is 10.9 Å². The van der Waals surface area contributed by atoms with Gasteiger partial charge in [0.15, 0.2) is 5.96 Å². The smallest absolute Gasteiger partial charge is 0.208 e. The van der Waals surface area contributed by atoms with Gasteiger partial charge in [-0.2, -0.15) is 0 Å². The molecule has 3 rings (SSSR count). The van der Waals surface area contributed by atoms with Crippen LogP contribution in [-0.4, -0.2) is 42.5 Å². The summed E-state index contributed by atoms with van der Waals surface area (Å²) in [5.41, 5.74) is 2.06. The number of aliphatic imine (C=N–C) groups is 1. The van der Waals surface area contributed by atoms with Crippen molar-refractivity contribution >= 4 is 41.5 Å². The molecular weight excluding hydrogens is 513 g/mol. The molecule has 0 radical (unpaired) electrons. The molecule has 0 spiro atoms. The number of nitrogens with zero attached hydrogens (tertiary/aromatic N) is 3. The van der Waals surface area contributed by atoms with Gasteiger partial charge >= 0.3 is 0 Å². The van der Waals surface area contributed by atoms with Crippen LogP contribution in [0.5, 0.6) is 0 Å². The molecule has 2 N–H and O–H groups in total. The minimum atomic E-state index is 0. The van der Waals surface area contributed by atoms with Crippen LogP contribution in [0, 0.1) is 19.8 Å². The molecule has 1 aromatic carbocycles. The average Bonchev–Trinajstić information content (AvgIpc) is 3.03. The molecule has 166 valence electrons. The molecule has 0 saturated carbocycles. The van der Waals surface area contributed by atoms with Crippen molar-refractivity contribution in [2.75, 3.05) is 26.7 Å². The van der Waals surface area contributed by atoms with Crippen LogP contribution in [0.25, 0.3) is 0 Å². The van der Waals surface area contributed by atoms with Gasteiger partial charge in [-0.15, -0.1) is 24.0 Å². The first-order valence-corrected chi connectivity index (χ1v) is 10.7. The van der Waals surface area contributed by atoms with Crippen molar-refractivity contribution in [3.63, 3.8) is 0 Å². The average molecular weight is 546 g/mol. The van der Waals surface area contributed by atoms with Crippen LogP contribution in [0.3, 0.4) is 0 Å². The number of hydrogen-bond acceptors (Lipinski definition) is 4. The zero-order valence-electron chi connectivity index (χ0n) is 18.2. The summed E-state index contributed by atoms with van der Waals surface area (Å²) in [4.78, 5) is 11.3. The summed E-state index contributed by atoms with van der Waals surface area (Å²) in [6.45, 7) is 9.90. The van der Waals surface area contributed by atoms with E-state index in [1.165, 1.54) is 0 Å². The first-order valence-electron chi connectivity index (χ1n) is 10.3. The van der Waals surface area contributed by atoms with E-state index in [1.807, 2.05) is 38.1 Å². The number of likely N-dealkylation sites (tertiary alicyclic amines) is 1. The topological polar surface area (TPSA) is 65.7 Å². The number of piperidine rings is 1. The maximum Gasteiger partial charge on any atom is 0.208 e. The third-order valence-electron chi connectivity index (χ3n) is 5.65. The lowest BCUT2D eigenvalue weighted by Gasteiger charge is -2.31. The van der Waals surface area contributed by atoms with Crippen LogP contribution in [0.4, 0.5) is 0 Å². The predicted molar refractivity (Wildman–Crippen MR) is 134 cm³/mol. The molecule has 1 fully saturated rings. The number of halogens is 2. The lowest BCUT2D eigenvalue weighted by atomic mass is 9.97. The van der Waals surface area contributed by atoms with Crippen molar-refractivity contribution < 1.29 is 4.42 Å². The van der Waals surface area contributed by atoms with Crippen LogP contribution < -0.4 is 10.6 Å². The summed E-state index contributed by atoms with van der Waals surface area (Å²) in [7, 11) is 1.80. The van der Waals surface area contributed by atoms with Crippen LogP contribution in [0.1, 0.15) is 48.7 Å². The number of hydrogen-bond donors (Lipinski definition) is 2. The fourth-order valence-electron chi connectivity index (χ4n) is 3.69. The number of benzene rings is 1. The van der Waals surface area contributed by atoms with Gasteiger partial charge in [0.2, 0.25) is 5.89 Å². The molecule has 1 saturated heterocycles. The van der Waals surface area contributed by atoms with Crippen molar-refractivity contribution in [1.82, 2.24) is 20.5 Å². The minimum absolute atomic E-state index is 0. The van der Waals surface area contributed by atoms with Crippen molar-refractivity contribution in [2.45, 2.75) is 46.2 Å². The number of aryl methyl sites for hydroxylation is 2. The Bertz CT molecular complexity index is 813. The van der Waals surface area contributed by atoms with E-state index < -0.39 is 0 Å². The zero-order valence-corrected chi connectivity index (χ0v) is 21.3. The van der Waals surface area contributed by atoms with E-state index in [9.17, 15) is 0 Å². The molecule has 2 aromatic rings. The Kier molecular flexibility index (Phi) is 9.90. The van der Waals surface area contributed by atoms with Crippen LogP contribution >= 0.6 is 35.6 Å². The molecule has 0 bridgehead atoms. The second-order valence-corrected chi connectivity index (χ2v) is 8.22. The third-order valence-corrected chi connectivity index (χ3v) is 5.99. The molecule has 1 aliphatic rings. The second-order valence-electron chi connectivity index (χ2n) is 7.81. The van der Waals surface area contributed by atoms with Gasteiger partial charge in [0, 0.05) is 18.6 Å². The Labute approximate surface area is 201 Å². The summed E-state index contributed by atoms with van der Waals surface area (Å²) in [5, 5.41) is 7.69. The highest BCUT2D eigenvalue weighted by molar-refractivity contribution is 14.0. The Balaban J connectivity index is 0.00000320. The summed E-state index contributed by atoms with van der Waals surface area (Å²) < 4.78 is 5.72. The Morgan fingerprint density at radius 2 is 2.00 bits per heavy atom. The fourth-order valence-corrected chi connectivity index (χ4v) is 3.99. The Hall–Kier alpha value is -1.32. The van der Waals surface area contributed by atoms with Gasteiger partial charge in [0.05, 0.1) is 18.3 Å². The maximum atomic E-state index is 6.31. The van der Waals surface area contributed by atoms with E-state index in [0.29, 0.717) is 5.92 Å². The maximum absolute atomic E-state index is 6.31. The van der Waals surface area contributed by atoms with Crippen LogP contribution in [0.15, 0.2) is 33.7 Å². The minimum Gasteiger partial charge on any atom is -0.444 e. The number of aromatic nitrogens is 1. The van der Waals surface area contributed by atoms with Gasteiger partial charge in [-0.3, -0.25) is 9.89 Å². The Morgan fingerprint density at radius 3 is 2.60 bits per heavy atom. The largest absolute Gasteiger partial charge is 0.444 e. The van der Waals surface area contributed by atoms with Crippen molar-refractivity contribution in [1.29, 1.82) is 0 Å². The zero-order chi connectivity index (χ0) is 20.8. The van der Waals surface area contributed by atoms with Gasteiger partial charge in [-0.1, -0.05) is 29.8 Å². The molecule has 1 unspecified atom stereocenters. The van der Waals surface area contributed by atoms with E-state index in [0.717, 1.165) is 72.9 Å². The summed E-state index contributed by atoms with van der Waals surface area (Å²) >= 11 is 6.31. The highest BCUT2D eigenvalue weighted by atomic mass is 127. The van der Waals surface area contributed by atoms with E-state index in [-0.39, 0.29) is 30.0 Å². The number of guanidine groups is 1. The monoisotopic (exact) mass is 545 g/mol. The second kappa shape index (κ2) is 11.9. The Morgan fingerprint density at radius 1 is 1.30 bits per heavy atom. The molecule has 1 aliphatic heterocycles. The van der Waals surface area contributed by atoms with Crippen LogP contribution in [0.2, 0.25) is 5.02 Å². The lowest BCUT2D eigenvalue weighted by Crippen LogP contribution is -2.43. The fraction of sp³-hybridized carbons (Fsp3) is 0.545. The van der Waals surface area contributed by atoms with Crippen LogP contribution in [-0.2, 0) is 6.54 Å². The quantitative estimate of drug-likeness (QED) is 0.313. The molecule has 0 amide bonds. The van der Waals surface area contributed by atoms with Gasteiger partial charge in [0.25, 0.3) is 0 Å². The lowest BCUT2D eigenvalue weighted by molar-refractivity contribution is 0.164. The molecule has 0 aliphatic carbocycles. The van der Waals surface area contributed by atoms with E-state index in [2.05, 4.69) is 32.4 Å². The SMILES string of the molecule is CN=C(NCC1CCN(Cc2nc(C)c(C)o2)CC1)NC(C)c1ccccc1Cl.I. The number of nitrogens with one attached hydrogen (secondary N) is 2. The molecule has 2 heterocycles. The summed E-state index contributed by atoms with van der Waals surface area (Å²) in [5.74, 6) is 3.19. The van der Waals surface area contributed by atoms with E-state index in [4.69, 9.17) is 16.0 Å². The highest BCUT2D eigenvalue weighted by Crippen LogP contribution is 2.22. The highest BCUT2D eigenvalue weighted by Gasteiger charge is 2.21. The van der Waals surface area contributed by atoms with Gasteiger partial charge in [0.1, 0.15) is 5.76 Å². The van der Waals surface area contributed by atoms with E-state index in [1.54, 1.807) is 7.05 Å². The number of rotatable bonds is 6. The molecule has 1 atom stereocenters. The molecule has 6 nitrogen and oxygen atoms in total. The van der Waals surface area contributed by atoms with E-state index >= 15 is 0 Å². The van der Waals surface area contributed by atoms with Crippen molar-refractivity contribution in [3.05, 3.63) is 52.2 Å². The molecule has 30 heavy (non-hydrogen) atoms. The normalized spacial score (nSPS) is 16.8.